The fourth-order valence-corrected chi connectivity index (χ4v) is 4.25. The van der Waals surface area contributed by atoms with E-state index >= 15 is 0 Å². The van der Waals surface area contributed by atoms with Crippen LogP contribution in [0.15, 0.2) is 24.3 Å². The number of halogens is 3. The summed E-state index contributed by atoms with van der Waals surface area (Å²) in [5.41, 5.74) is -0.563. The normalized spacial score (nSPS) is 17.9. The highest BCUT2D eigenvalue weighted by Crippen LogP contribution is 2.32. The van der Waals surface area contributed by atoms with Gasteiger partial charge in [0.25, 0.3) is 5.24 Å². The van der Waals surface area contributed by atoms with E-state index in [2.05, 4.69) is 20.6 Å². The highest BCUT2D eigenvalue weighted by Gasteiger charge is 2.33. The summed E-state index contributed by atoms with van der Waals surface area (Å²) in [5.74, 6) is -0.211. The molecule has 0 saturated carbocycles. The van der Waals surface area contributed by atoms with Crippen molar-refractivity contribution in [3.8, 4) is 11.4 Å². The van der Waals surface area contributed by atoms with Gasteiger partial charge < -0.3 is 0 Å². The summed E-state index contributed by atoms with van der Waals surface area (Å²) < 4.78 is 40.0. The quantitative estimate of drug-likeness (QED) is 0.729. The van der Waals surface area contributed by atoms with Gasteiger partial charge in [-0.05, 0) is 12.1 Å². The second-order valence-corrected chi connectivity index (χ2v) is 7.60. The third kappa shape index (κ3) is 3.05. The van der Waals surface area contributed by atoms with Crippen LogP contribution >= 0.6 is 23.1 Å². The number of amides is 2. The summed E-state index contributed by atoms with van der Waals surface area (Å²) in [6.45, 7) is 0. The molecule has 0 bridgehead atoms. The van der Waals surface area contributed by atoms with Gasteiger partial charge in [0.05, 0.1) is 10.8 Å². The van der Waals surface area contributed by atoms with E-state index < -0.39 is 22.2 Å². The molecule has 2 aromatic heterocycles. The highest BCUT2D eigenvalue weighted by atomic mass is 32.2. The minimum Gasteiger partial charge on any atom is -0.286 e. The molecule has 3 heterocycles. The maximum Gasteiger partial charge on any atom is 0.416 e. The molecule has 1 atom stereocenters. The molecular formula is C14H8F3N5O2S2. The number of nitrogens with zero attached hydrogens (tertiary/aromatic N) is 4. The largest absolute Gasteiger partial charge is 0.416 e. The van der Waals surface area contributed by atoms with E-state index in [9.17, 15) is 22.8 Å². The predicted molar refractivity (Wildman–Crippen MR) is 87.7 cm³/mol. The van der Waals surface area contributed by atoms with Gasteiger partial charge in [-0.3, -0.25) is 14.9 Å². The van der Waals surface area contributed by atoms with Gasteiger partial charge in [-0.25, -0.2) is 0 Å². The van der Waals surface area contributed by atoms with Gasteiger partial charge in [-0.1, -0.05) is 35.2 Å². The Labute approximate surface area is 151 Å². The lowest BCUT2D eigenvalue weighted by Crippen LogP contribution is -2.25. The van der Waals surface area contributed by atoms with E-state index in [-0.39, 0.29) is 23.7 Å². The van der Waals surface area contributed by atoms with Gasteiger partial charge in [0, 0.05) is 12.0 Å². The molecule has 1 aliphatic heterocycles. The Morgan fingerprint density at radius 1 is 1.23 bits per heavy atom. The van der Waals surface area contributed by atoms with Crippen LogP contribution in [0.1, 0.15) is 10.6 Å². The lowest BCUT2D eigenvalue weighted by Gasteiger charge is -2.07. The predicted octanol–water partition coefficient (Wildman–Crippen LogP) is 2.77. The summed E-state index contributed by atoms with van der Waals surface area (Å²) in [6, 6.07) is 4.73. The Bertz CT molecular complexity index is 1030. The summed E-state index contributed by atoms with van der Waals surface area (Å²) in [4.78, 5) is 23.3. The standard InChI is InChI=1S/C14H8F3N5O2S2/c15-14(16,17)7-3-1-2-6(4-7)10-19-20-12-22(10)21-9(26-12)5-8-11(23)18-13(24)25-8/h1-4,8H,5H2,(H,18,23,24). The van der Waals surface area contributed by atoms with Crippen LogP contribution in [-0.2, 0) is 17.4 Å². The minimum atomic E-state index is -4.47. The number of aromatic nitrogens is 4. The van der Waals surface area contributed by atoms with Gasteiger partial charge in [-0.15, -0.1) is 10.2 Å². The molecular weight excluding hydrogens is 391 g/mol. The number of hydrogen-bond donors (Lipinski definition) is 1. The van der Waals surface area contributed by atoms with Crippen molar-refractivity contribution >= 4 is 39.2 Å². The maximum absolute atomic E-state index is 12.9. The molecule has 1 aliphatic rings. The molecule has 26 heavy (non-hydrogen) atoms. The molecule has 0 spiro atoms. The molecule has 0 aliphatic carbocycles. The molecule has 1 saturated heterocycles. The number of alkyl halides is 3. The first-order valence-corrected chi connectivity index (χ1v) is 8.91. The van der Waals surface area contributed by atoms with Crippen LogP contribution in [0.25, 0.3) is 16.3 Å². The van der Waals surface area contributed by atoms with Crippen molar-refractivity contribution in [2.45, 2.75) is 17.8 Å². The number of hydrogen-bond acceptors (Lipinski definition) is 7. The van der Waals surface area contributed by atoms with Gasteiger partial charge >= 0.3 is 6.18 Å². The Balaban J connectivity index is 1.67. The monoisotopic (exact) mass is 399 g/mol. The molecule has 3 aromatic rings. The molecule has 4 rings (SSSR count). The lowest BCUT2D eigenvalue weighted by molar-refractivity contribution is -0.137. The first-order chi connectivity index (χ1) is 12.3. The lowest BCUT2D eigenvalue weighted by atomic mass is 10.1. The second kappa shape index (κ2) is 6.06. The molecule has 1 aromatic carbocycles. The smallest absolute Gasteiger partial charge is 0.286 e. The second-order valence-electron chi connectivity index (χ2n) is 5.38. The molecule has 12 heteroatoms. The minimum absolute atomic E-state index is 0.174. The van der Waals surface area contributed by atoms with Crippen LogP contribution < -0.4 is 5.32 Å². The topological polar surface area (TPSA) is 89.2 Å². The van der Waals surface area contributed by atoms with Crippen molar-refractivity contribution in [1.29, 1.82) is 0 Å². The number of imide groups is 1. The zero-order valence-electron chi connectivity index (χ0n) is 12.6. The van der Waals surface area contributed by atoms with Crippen LogP contribution in [-0.4, -0.2) is 36.2 Å². The molecule has 0 radical (unpaired) electrons. The van der Waals surface area contributed by atoms with Crippen LogP contribution in [0.2, 0.25) is 0 Å². The van der Waals surface area contributed by atoms with Crippen molar-refractivity contribution in [1.82, 2.24) is 25.1 Å². The number of nitrogens with one attached hydrogen (secondary N) is 1. The summed E-state index contributed by atoms with van der Waals surface area (Å²) in [6.07, 6.45) is -4.25. The Morgan fingerprint density at radius 2 is 2.04 bits per heavy atom. The molecule has 1 fully saturated rings. The number of carbonyl (C=O) groups is 2. The van der Waals surface area contributed by atoms with E-state index in [4.69, 9.17) is 0 Å². The Kier molecular flexibility index (Phi) is 3.95. The first kappa shape index (κ1) is 17.0. The van der Waals surface area contributed by atoms with Crippen LogP contribution in [0, 0.1) is 0 Å². The van der Waals surface area contributed by atoms with Crippen molar-refractivity contribution in [3.63, 3.8) is 0 Å². The van der Waals surface area contributed by atoms with Gasteiger partial charge in [0.1, 0.15) is 5.01 Å². The number of thioether (sulfide) groups is 1. The van der Waals surface area contributed by atoms with Gasteiger partial charge in [-0.2, -0.15) is 22.8 Å². The van der Waals surface area contributed by atoms with E-state index in [0.717, 1.165) is 35.2 Å². The average molecular weight is 399 g/mol. The third-order valence-corrected chi connectivity index (χ3v) is 5.51. The molecule has 1 unspecified atom stereocenters. The zero-order valence-corrected chi connectivity index (χ0v) is 14.3. The number of benzene rings is 1. The highest BCUT2D eigenvalue weighted by molar-refractivity contribution is 8.15. The summed E-state index contributed by atoms with van der Waals surface area (Å²) in [7, 11) is 0. The van der Waals surface area contributed by atoms with Crippen molar-refractivity contribution in [2.24, 2.45) is 0 Å². The average Bonchev–Trinajstić information content (AvgIpc) is 3.21. The van der Waals surface area contributed by atoms with Crippen LogP contribution in [0.3, 0.4) is 0 Å². The number of rotatable bonds is 3. The van der Waals surface area contributed by atoms with E-state index in [0.29, 0.717) is 9.97 Å². The molecule has 2 amide bonds. The zero-order chi connectivity index (χ0) is 18.5. The van der Waals surface area contributed by atoms with Crippen molar-refractivity contribution in [3.05, 3.63) is 34.8 Å². The van der Waals surface area contributed by atoms with E-state index in [1.165, 1.54) is 16.6 Å². The van der Waals surface area contributed by atoms with E-state index in [1.54, 1.807) is 0 Å². The summed E-state index contributed by atoms with van der Waals surface area (Å²) in [5, 5.41) is 13.9. The Hall–Kier alpha value is -2.47. The molecule has 134 valence electrons. The number of carbonyl (C=O) groups excluding carboxylic acids is 2. The van der Waals surface area contributed by atoms with E-state index in [1.807, 2.05) is 0 Å². The SMILES string of the molecule is O=C1NC(=O)C(Cc2nn3c(-c4cccc(C(F)(F)F)c4)nnc3s2)S1. The Morgan fingerprint density at radius 3 is 2.73 bits per heavy atom. The first-order valence-electron chi connectivity index (χ1n) is 7.21. The fraction of sp³-hybridized carbons (Fsp3) is 0.214. The van der Waals surface area contributed by atoms with Crippen LogP contribution in [0.5, 0.6) is 0 Å². The van der Waals surface area contributed by atoms with Crippen LogP contribution in [0.4, 0.5) is 18.0 Å². The fourth-order valence-electron chi connectivity index (χ4n) is 2.44. The van der Waals surface area contributed by atoms with Gasteiger partial charge in [0.2, 0.25) is 10.9 Å². The summed E-state index contributed by atoms with van der Waals surface area (Å²) >= 11 is 2.05. The van der Waals surface area contributed by atoms with Crippen molar-refractivity contribution < 1.29 is 22.8 Å². The maximum atomic E-state index is 12.9. The van der Waals surface area contributed by atoms with Crippen molar-refractivity contribution in [2.75, 3.05) is 0 Å². The third-order valence-electron chi connectivity index (χ3n) is 3.61. The van der Waals surface area contributed by atoms with Gasteiger partial charge in [0.15, 0.2) is 5.82 Å². The number of fused-ring (bicyclic) bond motifs is 1. The molecule has 7 nitrogen and oxygen atoms in total. The molecule has 1 N–H and O–H groups in total.